The molecular weight excluding hydrogens is 783 g/mol. The summed E-state index contributed by atoms with van der Waals surface area (Å²) in [5.41, 5.74) is 0. The number of carbonyl (C=O) groups excluding carboxylic acids is 1. The lowest BCUT2D eigenvalue weighted by molar-refractivity contribution is -0.123. The van der Waals surface area contributed by atoms with E-state index in [0.717, 1.165) is 32.1 Å². The lowest BCUT2D eigenvalue weighted by Gasteiger charge is -2.19. The van der Waals surface area contributed by atoms with E-state index in [1.165, 1.54) is 283 Å². The molecule has 0 bridgehead atoms. The zero-order valence-corrected chi connectivity index (χ0v) is 43.8. The Labute approximate surface area is 402 Å². The maximum atomic E-state index is 12.5. The first-order chi connectivity index (χ1) is 31.7. The Morgan fingerprint density at radius 2 is 0.609 bits per heavy atom. The van der Waals surface area contributed by atoms with E-state index in [1.54, 1.807) is 6.08 Å². The van der Waals surface area contributed by atoms with Crippen LogP contribution in [0.3, 0.4) is 0 Å². The van der Waals surface area contributed by atoms with Crippen molar-refractivity contribution in [3.63, 3.8) is 0 Å². The fourth-order valence-electron chi connectivity index (χ4n) is 9.43. The molecular formula is C60H117NO3. The van der Waals surface area contributed by atoms with Crippen LogP contribution in [0.25, 0.3) is 0 Å². The van der Waals surface area contributed by atoms with Crippen LogP contribution in [0.5, 0.6) is 0 Å². The highest BCUT2D eigenvalue weighted by atomic mass is 16.3. The van der Waals surface area contributed by atoms with E-state index < -0.39 is 12.1 Å². The molecule has 0 aliphatic rings. The second kappa shape index (κ2) is 56.2. The summed E-state index contributed by atoms with van der Waals surface area (Å²) in [7, 11) is 0. The number of rotatable bonds is 55. The van der Waals surface area contributed by atoms with Crippen molar-refractivity contribution >= 4 is 5.91 Å². The summed E-state index contributed by atoms with van der Waals surface area (Å²) in [6.45, 7) is 4.34. The Kier molecular flexibility index (Phi) is 55.2. The second-order valence-corrected chi connectivity index (χ2v) is 20.4. The lowest BCUT2D eigenvalue weighted by atomic mass is 10.0. The van der Waals surface area contributed by atoms with E-state index in [2.05, 4.69) is 31.3 Å². The van der Waals surface area contributed by atoms with Gasteiger partial charge in [0.25, 0.3) is 0 Å². The van der Waals surface area contributed by atoms with Crippen LogP contribution in [0.1, 0.15) is 335 Å². The molecule has 4 nitrogen and oxygen atoms in total. The Morgan fingerprint density at radius 3 is 0.906 bits per heavy atom. The molecule has 380 valence electrons. The van der Waals surface area contributed by atoms with Crippen molar-refractivity contribution in [2.45, 2.75) is 347 Å². The fourth-order valence-corrected chi connectivity index (χ4v) is 9.43. The van der Waals surface area contributed by atoms with Crippen LogP contribution < -0.4 is 5.32 Å². The van der Waals surface area contributed by atoms with E-state index in [-0.39, 0.29) is 12.5 Å². The van der Waals surface area contributed by atoms with Crippen molar-refractivity contribution < 1.29 is 15.0 Å². The van der Waals surface area contributed by atoms with Gasteiger partial charge >= 0.3 is 0 Å². The average Bonchev–Trinajstić information content (AvgIpc) is 3.30. The predicted molar refractivity (Wildman–Crippen MR) is 286 cm³/mol. The fraction of sp³-hybridized carbons (Fsp3) is 0.917. The molecule has 0 aliphatic carbocycles. The molecule has 0 rings (SSSR count). The molecule has 4 heteroatoms. The lowest BCUT2D eigenvalue weighted by Crippen LogP contribution is -2.45. The minimum atomic E-state index is -0.860. The van der Waals surface area contributed by atoms with Crippen LogP contribution in [-0.4, -0.2) is 34.9 Å². The molecule has 2 unspecified atom stereocenters. The highest BCUT2D eigenvalue weighted by Gasteiger charge is 2.18. The van der Waals surface area contributed by atoms with Gasteiger partial charge in [0, 0.05) is 6.42 Å². The molecule has 1 amide bonds. The number of carbonyl (C=O) groups is 1. The van der Waals surface area contributed by atoms with E-state index in [0.29, 0.717) is 6.42 Å². The quantitative estimate of drug-likeness (QED) is 0.0421. The van der Waals surface area contributed by atoms with Gasteiger partial charge in [-0.2, -0.15) is 0 Å². The van der Waals surface area contributed by atoms with E-state index in [1.807, 2.05) is 6.08 Å². The van der Waals surface area contributed by atoms with Crippen molar-refractivity contribution in [3.05, 3.63) is 24.3 Å². The van der Waals surface area contributed by atoms with Crippen molar-refractivity contribution in [3.8, 4) is 0 Å². The molecule has 0 saturated heterocycles. The summed E-state index contributed by atoms with van der Waals surface area (Å²) < 4.78 is 0. The van der Waals surface area contributed by atoms with Crippen LogP contribution in [0, 0.1) is 0 Å². The van der Waals surface area contributed by atoms with Crippen LogP contribution in [-0.2, 0) is 4.79 Å². The summed E-state index contributed by atoms with van der Waals surface area (Å²) in [4.78, 5) is 12.5. The molecule has 2 atom stereocenters. The minimum Gasteiger partial charge on any atom is -0.394 e. The number of hydrogen-bond acceptors (Lipinski definition) is 3. The van der Waals surface area contributed by atoms with Gasteiger partial charge in [0.2, 0.25) is 5.91 Å². The largest absolute Gasteiger partial charge is 0.394 e. The zero-order valence-electron chi connectivity index (χ0n) is 43.8. The first-order valence-corrected chi connectivity index (χ1v) is 29.6. The van der Waals surface area contributed by atoms with Gasteiger partial charge in [0.1, 0.15) is 0 Å². The minimum absolute atomic E-state index is 0.0662. The van der Waals surface area contributed by atoms with E-state index in [4.69, 9.17) is 0 Å². The Bertz CT molecular complexity index is 932. The number of aliphatic hydroxyl groups is 2. The molecule has 0 saturated carbocycles. The Hall–Kier alpha value is -1.13. The molecule has 0 radical (unpaired) electrons. The molecule has 0 aromatic rings. The smallest absolute Gasteiger partial charge is 0.220 e. The number of nitrogens with one attached hydrogen (secondary N) is 1. The molecule has 64 heavy (non-hydrogen) atoms. The summed E-state index contributed by atoms with van der Waals surface area (Å²) in [6.07, 6.45) is 75.1. The Balaban J connectivity index is 3.44. The van der Waals surface area contributed by atoms with Gasteiger partial charge in [-0.25, -0.2) is 0 Å². The van der Waals surface area contributed by atoms with Crippen LogP contribution in [0.4, 0.5) is 0 Å². The number of unbranched alkanes of at least 4 members (excludes halogenated alkanes) is 46. The van der Waals surface area contributed by atoms with E-state index in [9.17, 15) is 15.0 Å². The number of aliphatic hydroxyl groups excluding tert-OH is 2. The molecule has 0 aliphatic heterocycles. The molecule has 3 N–H and O–H groups in total. The van der Waals surface area contributed by atoms with Gasteiger partial charge in [-0.1, -0.05) is 321 Å². The van der Waals surface area contributed by atoms with Crippen LogP contribution in [0.2, 0.25) is 0 Å². The van der Waals surface area contributed by atoms with Crippen molar-refractivity contribution in [1.29, 1.82) is 0 Å². The SMILES string of the molecule is CCCCCCCCCCCCCCCC/C=C/CC/C=C/C(O)C(CO)NC(=O)CCCCCCCCCCCCCCCCCCCCCCCCCCCCCCCCCC. The van der Waals surface area contributed by atoms with E-state index >= 15 is 0 Å². The highest BCUT2D eigenvalue weighted by Crippen LogP contribution is 2.18. The van der Waals surface area contributed by atoms with Gasteiger partial charge in [0.05, 0.1) is 18.8 Å². The predicted octanol–water partition coefficient (Wildman–Crippen LogP) is 19.5. The van der Waals surface area contributed by atoms with Gasteiger partial charge < -0.3 is 15.5 Å². The zero-order chi connectivity index (χ0) is 46.3. The van der Waals surface area contributed by atoms with Gasteiger partial charge in [-0.3, -0.25) is 4.79 Å². The first kappa shape index (κ1) is 62.9. The van der Waals surface area contributed by atoms with Gasteiger partial charge in [0.15, 0.2) is 0 Å². The average molecular weight is 901 g/mol. The summed E-state index contributed by atoms with van der Waals surface area (Å²) in [5.74, 6) is -0.0662. The van der Waals surface area contributed by atoms with Crippen LogP contribution >= 0.6 is 0 Å². The third-order valence-corrected chi connectivity index (χ3v) is 13.9. The first-order valence-electron chi connectivity index (χ1n) is 29.6. The third kappa shape index (κ3) is 51.8. The highest BCUT2D eigenvalue weighted by molar-refractivity contribution is 5.76. The molecule has 0 aromatic carbocycles. The molecule has 0 spiro atoms. The van der Waals surface area contributed by atoms with Crippen molar-refractivity contribution in [1.82, 2.24) is 5.32 Å². The second-order valence-electron chi connectivity index (χ2n) is 20.4. The standard InChI is InChI=1S/C60H117NO3/c1-3-5-7-9-11-13-15-17-19-21-23-25-26-27-28-29-30-31-32-33-34-35-36-38-40-42-44-46-48-50-52-54-56-60(64)61-58(57-62)59(63)55-53-51-49-47-45-43-41-39-37-24-22-20-18-16-14-12-10-8-6-4-2/h45,47,53,55,58-59,62-63H,3-44,46,48-52,54,56-57H2,1-2H3,(H,61,64)/b47-45+,55-53+. The molecule has 0 aromatic heterocycles. The maximum absolute atomic E-state index is 12.5. The molecule has 0 fully saturated rings. The Morgan fingerprint density at radius 1 is 0.359 bits per heavy atom. The van der Waals surface area contributed by atoms with Gasteiger partial charge in [-0.05, 0) is 32.1 Å². The normalized spacial score (nSPS) is 12.9. The maximum Gasteiger partial charge on any atom is 0.220 e. The number of allylic oxidation sites excluding steroid dienone is 3. The van der Waals surface area contributed by atoms with Crippen molar-refractivity contribution in [2.75, 3.05) is 6.61 Å². The summed E-state index contributed by atoms with van der Waals surface area (Å²) >= 11 is 0. The van der Waals surface area contributed by atoms with Crippen molar-refractivity contribution in [2.24, 2.45) is 0 Å². The monoisotopic (exact) mass is 900 g/mol. The third-order valence-electron chi connectivity index (χ3n) is 13.9. The number of hydrogen-bond donors (Lipinski definition) is 3. The summed E-state index contributed by atoms with van der Waals surface area (Å²) in [6, 6.07) is -0.636. The van der Waals surface area contributed by atoms with Gasteiger partial charge in [-0.15, -0.1) is 0 Å². The van der Waals surface area contributed by atoms with Crippen LogP contribution in [0.15, 0.2) is 24.3 Å². The summed E-state index contributed by atoms with van der Waals surface area (Å²) in [5, 5.41) is 23.2. The topological polar surface area (TPSA) is 69.6 Å². The number of amides is 1. The molecule has 0 heterocycles.